The number of rotatable bonds is 3. The fraction of sp³-hybridized carbons (Fsp3) is 0.429. The highest BCUT2D eigenvalue weighted by Crippen LogP contribution is 1.91. The van der Waals surface area contributed by atoms with Gasteiger partial charge >= 0.3 is 0 Å². The maximum absolute atomic E-state index is 4.78. The zero-order chi connectivity index (χ0) is 10.4. The van der Waals surface area contributed by atoms with Gasteiger partial charge in [0, 0.05) is 7.13 Å². The summed E-state index contributed by atoms with van der Waals surface area (Å²) in [6, 6.07) is 0. The molecule has 0 aromatic carbocycles. The Bertz CT molecular complexity index is 270. The number of terminal acetylenes is 1. The minimum absolute atomic E-state index is 0. The number of hydrogen-bond acceptors (Lipinski definition) is 0. The van der Waals surface area contributed by atoms with Gasteiger partial charge in [-0.3, -0.25) is 0 Å². The molecule has 0 aromatic heterocycles. The smallest absolute Gasteiger partial charge is 0 e. The van der Waals surface area contributed by atoms with Crippen molar-refractivity contribution in [3.05, 3.63) is 12.7 Å². The van der Waals surface area contributed by atoms with E-state index in [1.165, 1.54) is 19.3 Å². The molecule has 0 unspecified atom stereocenters. The van der Waals surface area contributed by atoms with E-state index in [0.29, 0.717) is 0 Å². The molecule has 0 fully saturated rings. The first kappa shape index (κ1) is 18.3. The first-order valence-electron chi connectivity index (χ1n) is 4.31. The summed E-state index contributed by atoms with van der Waals surface area (Å²) < 4.78 is 0. The van der Waals surface area contributed by atoms with Gasteiger partial charge in [-0.25, -0.2) is 0 Å². The monoisotopic (exact) mass is 198 g/mol. The van der Waals surface area contributed by atoms with Crippen molar-refractivity contribution in [2.45, 2.75) is 40.5 Å². The molecule has 0 saturated carbocycles. The van der Waals surface area contributed by atoms with Crippen LogP contribution in [0.3, 0.4) is 0 Å². The van der Waals surface area contributed by atoms with Crippen molar-refractivity contribution in [3.63, 3.8) is 0 Å². The second-order valence-corrected chi connectivity index (χ2v) is 2.20. The van der Waals surface area contributed by atoms with Gasteiger partial charge in [0.05, 0.1) is 0 Å². The van der Waals surface area contributed by atoms with Crippen molar-refractivity contribution >= 4 is 0 Å². The molecule has 0 heterocycles. The zero-order valence-corrected chi connectivity index (χ0v) is 8.48. The van der Waals surface area contributed by atoms with Crippen molar-refractivity contribution in [2.75, 3.05) is 0 Å². The zero-order valence-electron chi connectivity index (χ0n) is 8.48. The third-order valence-corrected chi connectivity index (χ3v) is 1.08. The van der Waals surface area contributed by atoms with E-state index in [2.05, 4.69) is 43.1 Å². The van der Waals surface area contributed by atoms with Crippen molar-refractivity contribution in [2.24, 2.45) is 0 Å². The first-order valence-corrected chi connectivity index (χ1v) is 4.31. The Labute approximate surface area is 97.2 Å². The van der Waals surface area contributed by atoms with Gasteiger partial charge in [0.2, 0.25) is 0 Å². The minimum Gasteiger partial charge on any atom is -0.106 e. The summed E-state index contributed by atoms with van der Waals surface area (Å²) in [6.07, 6.45) is 10.5. The Kier molecular flexibility index (Phi) is 29.4. The largest absolute Gasteiger partial charge is 0.106 e. The van der Waals surface area contributed by atoms with Crippen LogP contribution in [0.15, 0.2) is 12.7 Å². The third kappa shape index (κ3) is 31.5. The molecule has 0 atom stereocenters. The lowest BCUT2D eigenvalue weighted by Crippen LogP contribution is -1.61. The molecular formula is C14H30. The van der Waals surface area contributed by atoms with Crippen molar-refractivity contribution in [3.8, 4) is 36.0 Å². The molecular weight excluding hydrogens is 168 g/mol. The average Bonchev–Trinajstić information content (AvgIpc) is 2.17. The maximum atomic E-state index is 4.78. The van der Waals surface area contributed by atoms with Gasteiger partial charge in [-0.1, -0.05) is 39.2 Å². The van der Waals surface area contributed by atoms with Crippen LogP contribution in [0.4, 0.5) is 0 Å². The number of unbranched alkanes of at least 4 members (excludes halogenated alkanes) is 2. The molecule has 0 saturated heterocycles. The fourth-order valence-electron chi connectivity index (χ4n) is 0.478. The molecule has 0 heteroatoms. The van der Waals surface area contributed by atoms with Crippen molar-refractivity contribution < 1.29 is 7.13 Å². The van der Waals surface area contributed by atoms with Gasteiger partial charge < -0.3 is 0 Å². The summed E-state index contributed by atoms with van der Waals surface area (Å²) in [5, 5.41) is 0. The number of hydrogen-bond donors (Lipinski definition) is 0. The highest BCUT2D eigenvalue weighted by atomic mass is 13.8. The van der Waals surface area contributed by atoms with Crippen molar-refractivity contribution in [1.82, 2.24) is 0 Å². The Morgan fingerprint density at radius 2 is 2.00 bits per heavy atom. The maximum Gasteiger partial charge on any atom is 0 e. The summed E-state index contributed by atoms with van der Waals surface area (Å²) in [7, 11) is 0. The number of allylic oxidation sites excluding steroid dienone is 1. The molecule has 0 aliphatic heterocycles. The molecule has 0 rings (SSSR count). The molecule has 0 N–H and O–H groups in total. The van der Waals surface area contributed by atoms with E-state index in [-0.39, 0.29) is 14.6 Å². The Morgan fingerprint density at radius 1 is 1.36 bits per heavy atom. The van der Waals surface area contributed by atoms with E-state index in [4.69, 9.17) is 6.42 Å². The third-order valence-electron chi connectivity index (χ3n) is 1.08. The Morgan fingerprint density at radius 3 is 2.29 bits per heavy atom. The Balaban J connectivity index is -0.0000000162. The summed E-state index contributed by atoms with van der Waals surface area (Å²) in [6.45, 7) is 7.50. The van der Waals surface area contributed by atoms with Crippen LogP contribution in [0.5, 0.6) is 0 Å². The average molecular weight is 198 g/mol. The summed E-state index contributed by atoms with van der Waals surface area (Å²) in [4.78, 5) is 0. The van der Waals surface area contributed by atoms with Crippen LogP contribution in [0, 0.1) is 36.0 Å². The SMILES string of the molecule is C.C#CC#CC#CC.C=CCCCC.[HH].[HH].[HH].[HH].[HH]. The van der Waals surface area contributed by atoms with Crippen LogP contribution >= 0.6 is 0 Å². The standard InChI is InChI=1S/C7H4.C6H12.CH4.5H2/c1-3-5-7-6-4-2;1-3-5-6-4-2;;;;;;/h1H,2H3;3H,1,4-6H2,2H3;1H4;5*1H. The first-order chi connectivity index (χ1) is 6.33. The van der Waals surface area contributed by atoms with Gasteiger partial charge in [0.25, 0.3) is 0 Å². The van der Waals surface area contributed by atoms with Crippen LogP contribution in [0.1, 0.15) is 47.7 Å². The van der Waals surface area contributed by atoms with Crippen LogP contribution in [0.2, 0.25) is 0 Å². The summed E-state index contributed by atoms with van der Waals surface area (Å²) in [5.74, 6) is 12.0. The van der Waals surface area contributed by atoms with Gasteiger partial charge in [-0.05, 0) is 37.0 Å². The highest BCUT2D eigenvalue weighted by Gasteiger charge is 1.71. The predicted octanol–water partition coefficient (Wildman–Crippen LogP) is 4.88. The molecule has 0 amide bonds. The van der Waals surface area contributed by atoms with Gasteiger partial charge in [-0.15, -0.1) is 13.0 Å². The molecule has 0 aliphatic rings. The van der Waals surface area contributed by atoms with E-state index in [0.717, 1.165) is 0 Å². The molecule has 0 radical (unpaired) electrons. The van der Waals surface area contributed by atoms with Gasteiger partial charge in [0.15, 0.2) is 0 Å². The van der Waals surface area contributed by atoms with Crippen LogP contribution in [-0.4, -0.2) is 0 Å². The predicted molar refractivity (Wildman–Crippen MR) is 77.1 cm³/mol. The lowest BCUT2D eigenvalue weighted by atomic mass is 10.3. The second kappa shape index (κ2) is 22.5. The normalized spacial score (nSPS) is 5.21. The van der Waals surface area contributed by atoms with Crippen LogP contribution in [-0.2, 0) is 0 Å². The van der Waals surface area contributed by atoms with E-state index in [9.17, 15) is 0 Å². The van der Waals surface area contributed by atoms with E-state index in [1.54, 1.807) is 6.92 Å². The minimum atomic E-state index is 0. The van der Waals surface area contributed by atoms with Crippen molar-refractivity contribution in [1.29, 1.82) is 0 Å². The quantitative estimate of drug-likeness (QED) is 0.344. The van der Waals surface area contributed by atoms with Gasteiger partial charge in [-0.2, -0.15) is 0 Å². The van der Waals surface area contributed by atoms with E-state index < -0.39 is 0 Å². The summed E-state index contributed by atoms with van der Waals surface area (Å²) in [5.41, 5.74) is 0. The van der Waals surface area contributed by atoms with Crippen LogP contribution < -0.4 is 0 Å². The van der Waals surface area contributed by atoms with Gasteiger partial charge in [0.1, 0.15) is 0 Å². The van der Waals surface area contributed by atoms with E-state index in [1.807, 2.05) is 6.08 Å². The molecule has 0 bridgehead atoms. The summed E-state index contributed by atoms with van der Waals surface area (Å²) >= 11 is 0. The molecule has 0 aromatic rings. The lowest BCUT2D eigenvalue weighted by molar-refractivity contribution is 0.816. The molecule has 0 aliphatic carbocycles. The fourth-order valence-corrected chi connectivity index (χ4v) is 0.478. The highest BCUT2D eigenvalue weighted by molar-refractivity contribution is 5.33. The molecule has 0 nitrogen and oxygen atoms in total. The topological polar surface area (TPSA) is 0 Å². The Hall–Kier alpha value is -1.58. The molecule has 0 spiro atoms. The molecule has 86 valence electrons. The lowest BCUT2D eigenvalue weighted by Gasteiger charge is -1.81. The second-order valence-electron chi connectivity index (χ2n) is 2.20. The van der Waals surface area contributed by atoms with Crippen LogP contribution in [0.25, 0.3) is 0 Å². The van der Waals surface area contributed by atoms with E-state index >= 15 is 0 Å². The molecule has 14 heavy (non-hydrogen) atoms.